The predicted molar refractivity (Wildman–Crippen MR) is 108 cm³/mol. The number of hydrazone groups is 1. The Morgan fingerprint density at radius 2 is 2.04 bits per heavy atom. The molecule has 28 heavy (non-hydrogen) atoms. The molecule has 10 heteroatoms. The number of hydrogen-bond donors (Lipinski definition) is 3. The van der Waals surface area contributed by atoms with E-state index in [1.54, 1.807) is 32.4 Å². The van der Waals surface area contributed by atoms with E-state index in [0.29, 0.717) is 28.8 Å². The van der Waals surface area contributed by atoms with Crippen LogP contribution in [0.5, 0.6) is 11.5 Å². The highest BCUT2D eigenvalue weighted by atomic mass is 16.6. The van der Waals surface area contributed by atoms with Crippen molar-refractivity contribution in [3.05, 3.63) is 58.3 Å². The molecule has 0 unspecified atom stereocenters. The van der Waals surface area contributed by atoms with Crippen LogP contribution in [0.1, 0.15) is 13.8 Å². The second-order valence-corrected chi connectivity index (χ2v) is 5.52. The highest BCUT2D eigenvalue weighted by Crippen LogP contribution is 2.28. The smallest absolute Gasteiger partial charge is 0.287 e. The summed E-state index contributed by atoms with van der Waals surface area (Å²) in [5.41, 5.74) is 10.1. The Morgan fingerprint density at radius 3 is 2.61 bits per heavy atom. The van der Waals surface area contributed by atoms with E-state index in [1.165, 1.54) is 18.3 Å². The average Bonchev–Trinajstić information content (AvgIpc) is 2.73. The van der Waals surface area contributed by atoms with Gasteiger partial charge in [-0.15, -0.1) is 0 Å². The molecule has 1 aromatic carbocycles. The van der Waals surface area contributed by atoms with Gasteiger partial charge in [-0.1, -0.05) is 6.08 Å². The van der Waals surface area contributed by atoms with Crippen molar-refractivity contribution in [3.8, 4) is 11.5 Å². The number of aromatic nitrogens is 1. The van der Waals surface area contributed by atoms with Crippen LogP contribution in [0.3, 0.4) is 0 Å². The van der Waals surface area contributed by atoms with Crippen molar-refractivity contribution in [1.29, 1.82) is 0 Å². The Labute approximate surface area is 162 Å². The third-order valence-electron chi connectivity index (χ3n) is 3.77. The lowest BCUT2D eigenvalue weighted by molar-refractivity contribution is -0.385. The zero-order valence-electron chi connectivity index (χ0n) is 16.0. The molecule has 0 bridgehead atoms. The molecule has 0 saturated heterocycles. The number of allylic oxidation sites excluding steroid dienone is 1. The maximum absolute atomic E-state index is 10.7. The predicted octanol–water partition coefficient (Wildman–Crippen LogP) is 3.32. The van der Waals surface area contributed by atoms with E-state index in [4.69, 9.17) is 9.47 Å². The van der Waals surface area contributed by atoms with Gasteiger partial charge < -0.3 is 9.47 Å². The number of benzene rings is 1. The van der Waals surface area contributed by atoms with Gasteiger partial charge in [0.25, 0.3) is 5.69 Å². The molecule has 0 amide bonds. The van der Waals surface area contributed by atoms with Gasteiger partial charge in [0.2, 0.25) is 0 Å². The molecule has 0 aliphatic carbocycles. The van der Waals surface area contributed by atoms with E-state index < -0.39 is 4.92 Å². The van der Waals surface area contributed by atoms with E-state index in [2.05, 4.69) is 26.4 Å². The van der Waals surface area contributed by atoms with Gasteiger partial charge in [-0.25, -0.2) is 4.98 Å². The molecule has 2 aromatic rings. The normalized spacial score (nSPS) is 11.6. The molecule has 0 aliphatic heterocycles. The highest BCUT2D eigenvalue weighted by molar-refractivity contribution is 5.98. The quantitative estimate of drug-likeness (QED) is 0.273. The Kier molecular flexibility index (Phi) is 7.14. The van der Waals surface area contributed by atoms with Gasteiger partial charge in [0.15, 0.2) is 5.84 Å². The van der Waals surface area contributed by atoms with Crippen LogP contribution in [0, 0.1) is 10.1 Å². The van der Waals surface area contributed by atoms with Gasteiger partial charge in [-0.3, -0.25) is 26.4 Å². The molecule has 0 aliphatic rings. The molecular weight excluding hydrogens is 364 g/mol. The summed E-state index contributed by atoms with van der Waals surface area (Å²) >= 11 is 0. The van der Waals surface area contributed by atoms with E-state index in [-0.39, 0.29) is 5.69 Å². The number of hydrogen-bond acceptors (Lipinski definition) is 8. The molecule has 0 spiro atoms. The van der Waals surface area contributed by atoms with Crippen LogP contribution < -0.4 is 25.8 Å². The first-order valence-electron chi connectivity index (χ1n) is 8.30. The number of nitrogens with zero attached hydrogens (tertiary/aromatic N) is 3. The largest absolute Gasteiger partial charge is 0.497 e. The maximum Gasteiger partial charge on any atom is 0.287 e. The van der Waals surface area contributed by atoms with E-state index in [0.717, 1.165) is 5.57 Å². The van der Waals surface area contributed by atoms with Gasteiger partial charge in [-0.05, 0) is 37.6 Å². The van der Waals surface area contributed by atoms with Crippen LogP contribution >= 0.6 is 0 Å². The van der Waals surface area contributed by atoms with E-state index in [9.17, 15) is 10.1 Å². The summed E-state index contributed by atoms with van der Waals surface area (Å²) in [6.07, 6.45) is 3.05. The number of pyridine rings is 1. The lowest BCUT2D eigenvalue weighted by Gasteiger charge is -2.14. The van der Waals surface area contributed by atoms with Crippen molar-refractivity contribution in [2.24, 2.45) is 5.10 Å². The van der Waals surface area contributed by atoms with Crippen molar-refractivity contribution in [2.45, 2.75) is 13.8 Å². The molecular formula is C18H22N6O4. The second kappa shape index (κ2) is 9.76. The molecule has 0 atom stereocenters. The lowest BCUT2D eigenvalue weighted by Crippen LogP contribution is -2.31. The number of hydrazine groups is 1. The third kappa shape index (κ3) is 5.34. The topological polar surface area (TPSA) is 123 Å². The van der Waals surface area contributed by atoms with E-state index >= 15 is 0 Å². The first kappa shape index (κ1) is 20.5. The summed E-state index contributed by atoms with van der Waals surface area (Å²) in [5.74, 6) is 2.16. The molecule has 0 saturated carbocycles. The summed E-state index contributed by atoms with van der Waals surface area (Å²) in [6.45, 7) is 3.75. The van der Waals surface area contributed by atoms with Crippen LogP contribution in [0.15, 0.2) is 53.3 Å². The number of nitro groups is 1. The summed E-state index contributed by atoms with van der Waals surface area (Å²) in [6, 6.07) is 8.16. The Bertz CT molecular complexity index is 880. The SMILES string of the molecule is CC=C(C)C(=NNc1cc(OC)ccc1OC)NNc1ccc([N+](=O)[O-])cn1. The van der Waals surface area contributed by atoms with Gasteiger partial charge in [0, 0.05) is 12.1 Å². The first-order valence-corrected chi connectivity index (χ1v) is 8.30. The maximum atomic E-state index is 10.7. The minimum absolute atomic E-state index is 0.0872. The molecule has 3 N–H and O–H groups in total. The van der Waals surface area contributed by atoms with Gasteiger partial charge in [-0.2, -0.15) is 5.10 Å². The fourth-order valence-corrected chi connectivity index (χ4v) is 2.06. The minimum Gasteiger partial charge on any atom is -0.497 e. The summed E-state index contributed by atoms with van der Waals surface area (Å²) in [5, 5.41) is 15.1. The number of amidine groups is 1. The summed E-state index contributed by atoms with van der Waals surface area (Å²) in [7, 11) is 3.14. The average molecular weight is 386 g/mol. The van der Waals surface area contributed by atoms with Gasteiger partial charge in [0.05, 0.1) is 19.1 Å². The van der Waals surface area contributed by atoms with Crippen molar-refractivity contribution in [2.75, 3.05) is 25.1 Å². The van der Waals surface area contributed by atoms with Crippen molar-refractivity contribution in [3.63, 3.8) is 0 Å². The number of methoxy groups -OCH3 is 2. The van der Waals surface area contributed by atoms with Gasteiger partial charge >= 0.3 is 0 Å². The molecule has 10 nitrogen and oxygen atoms in total. The zero-order valence-corrected chi connectivity index (χ0v) is 16.0. The van der Waals surface area contributed by atoms with Gasteiger partial charge in [0.1, 0.15) is 29.2 Å². The monoisotopic (exact) mass is 386 g/mol. The Balaban J connectivity index is 2.16. The second-order valence-electron chi connectivity index (χ2n) is 5.52. The van der Waals surface area contributed by atoms with Crippen LogP contribution in [-0.4, -0.2) is 30.0 Å². The number of nitrogens with one attached hydrogen (secondary N) is 3. The van der Waals surface area contributed by atoms with Crippen molar-refractivity contribution < 1.29 is 14.4 Å². The molecule has 1 heterocycles. The number of rotatable bonds is 8. The molecule has 0 fully saturated rings. The summed E-state index contributed by atoms with van der Waals surface area (Å²) < 4.78 is 10.5. The minimum atomic E-state index is -0.507. The Morgan fingerprint density at radius 1 is 1.25 bits per heavy atom. The molecule has 1 aromatic heterocycles. The standard InChI is InChI=1S/C18H22N6O4/c1-5-12(2)18(23-21-17-9-6-13(11-19-17)24(25)26)22-20-15-10-14(27-3)7-8-16(15)28-4/h5-11,20H,1-4H3,(H,19,21)(H,22,23). The van der Waals surface area contributed by atoms with Crippen LogP contribution in [0.4, 0.5) is 17.2 Å². The van der Waals surface area contributed by atoms with E-state index in [1.807, 2.05) is 19.9 Å². The van der Waals surface area contributed by atoms with Crippen LogP contribution in [-0.2, 0) is 0 Å². The fourth-order valence-electron chi connectivity index (χ4n) is 2.06. The molecule has 148 valence electrons. The molecule has 0 radical (unpaired) electrons. The lowest BCUT2D eigenvalue weighted by atomic mass is 10.2. The highest BCUT2D eigenvalue weighted by Gasteiger charge is 2.08. The van der Waals surface area contributed by atoms with Crippen molar-refractivity contribution >= 4 is 23.0 Å². The summed E-state index contributed by atoms with van der Waals surface area (Å²) in [4.78, 5) is 14.2. The van der Waals surface area contributed by atoms with Crippen molar-refractivity contribution in [1.82, 2.24) is 10.4 Å². The third-order valence-corrected chi connectivity index (χ3v) is 3.77. The fraction of sp³-hybridized carbons (Fsp3) is 0.222. The Hall–Kier alpha value is -3.82. The number of anilines is 2. The first-order chi connectivity index (χ1) is 13.5. The molecule has 2 rings (SSSR count). The number of ether oxygens (including phenoxy) is 2. The van der Waals surface area contributed by atoms with Crippen LogP contribution in [0.25, 0.3) is 0 Å². The van der Waals surface area contributed by atoms with Crippen LogP contribution in [0.2, 0.25) is 0 Å². The zero-order chi connectivity index (χ0) is 20.5.